The molecular formula is C27H31N3O2. The molecule has 0 saturated carbocycles. The lowest BCUT2D eigenvalue weighted by Crippen LogP contribution is -2.40. The first-order chi connectivity index (χ1) is 15.8. The second-order valence-corrected chi connectivity index (χ2v) is 8.97. The average molecular weight is 430 g/mol. The van der Waals surface area contributed by atoms with E-state index in [1.165, 1.54) is 10.9 Å². The molecule has 0 spiro atoms. The van der Waals surface area contributed by atoms with Crippen molar-refractivity contribution >= 4 is 16.8 Å². The highest BCUT2D eigenvalue weighted by Gasteiger charge is 2.26. The van der Waals surface area contributed by atoms with E-state index in [-0.39, 0.29) is 5.91 Å². The number of fused-ring (bicyclic) bond motifs is 1. The van der Waals surface area contributed by atoms with E-state index >= 15 is 0 Å². The third-order valence-electron chi connectivity index (χ3n) is 6.89. The van der Waals surface area contributed by atoms with Crippen molar-refractivity contribution in [2.24, 2.45) is 5.92 Å². The van der Waals surface area contributed by atoms with Crippen molar-refractivity contribution in [3.63, 3.8) is 0 Å². The molecule has 32 heavy (non-hydrogen) atoms. The molecule has 1 aromatic heterocycles. The Labute approximate surface area is 190 Å². The topological polar surface area (TPSA) is 45.7 Å². The van der Waals surface area contributed by atoms with Gasteiger partial charge in [-0.25, -0.2) is 0 Å². The summed E-state index contributed by atoms with van der Waals surface area (Å²) in [6.45, 7) is 5.88. The fraction of sp³-hybridized carbons (Fsp3) is 0.407. The van der Waals surface area contributed by atoms with Gasteiger partial charge in [0.1, 0.15) is 0 Å². The van der Waals surface area contributed by atoms with Gasteiger partial charge in [-0.05, 0) is 54.5 Å². The summed E-state index contributed by atoms with van der Waals surface area (Å²) in [6.07, 6.45) is 5.01. The van der Waals surface area contributed by atoms with E-state index in [1.807, 2.05) is 30.5 Å². The molecule has 5 heteroatoms. The van der Waals surface area contributed by atoms with Gasteiger partial charge in [0, 0.05) is 49.9 Å². The zero-order valence-electron chi connectivity index (χ0n) is 18.6. The molecule has 166 valence electrons. The van der Waals surface area contributed by atoms with E-state index < -0.39 is 0 Å². The highest BCUT2D eigenvalue weighted by Crippen LogP contribution is 2.27. The second-order valence-electron chi connectivity index (χ2n) is 8.97. The number of likely N-dealkylation sites (tertiary alicyclic amines) is 1. The fourth-order valence-corrected chi connectivity index (χ4v) is 5.03. The van der Waals surface area contributed by atoms with Gasteiger partial charge in [0.2, 0.25) is 0 Å². The molecule has 5 nitrogen and oxygen atoms in total. The van der Waals surface area contributed by atoms with Gasteiger partial charge in [0.15, 0.2) is 0 Å². The zero-order chi connectivity index (χ0) is 21.8. The number of carbonyl (C=O) groups is 1. The number of hydrogen-bond acceptors (Lipinski definition) is 4. The van der Waals surface area contributed by atoms with Gasteiger partial charge < -0.3 is 9.64 Å². The molecule has 2 saturated heterocycles. The zero-order valence-corrected chi connectivity index (χ0v) is 18.6. The molecule has 0 atom stereocenters. The first kappa shape index (κ1) is 21.1. The number of aromatic nitrogens is 1. The monoisotopic (exact) mass is 429 g/mol. The van der Waals surface area contributed by atoms with E-state index in [4.69, 9.17) is 4.74 Å². The molecule has 3 heterocycles. The first-order valence-electron chi connectivity index (χ1n) is 11.8. The Bertz CT molecular complexity index is 1060. The normalized spacial score (nSPS) is 18.2. The van der Waals surface area contributed by atoms with Crippen molar-refractivity contribution in [3.8, 4) is 0 Å². The number of hydrogen-bond donors (Lipinski definition) is 0. The predicted molar refractivity (Wildman–Crippen MR) is 127 cm³/mol. The summed E-state index contributed by atoms with van der Waals surface area (Å²) in [4.78, 5) is 22.3. The van der Waals surface area contributed by atoms with E-state index in [2.05, 4.69) is 45.1 Å². The standard InChI is InChI=1S/C27H31N3O2/c31-27(25-7-2-1-5-23(25)20-29-15-17-32-18-16-29)30-13-10-21(11-14-30)19-22-6-3-9-26-24(22)8-4-12-28-26/h1-9,12,21H,10-11,13-20H2. The molecule has 5 rings (SSSR count). The molecule has 0 aliphatic carbocycles. The molecule has 1 amide bonds. The van der Waals surface area contributed by atoms with Gasteiger partial charge in [0.25, 0.3) is 5.91 Å². The van der Waals surface area contributed by atoms with Crippen LogP contribution in [0.15, 0.2) is 60.8 Å². The number of nitrogens with zero attached hydrogens (tertiary/aromatic N) is 3. The summed E-state index contributed by atoms with van der Waals surface area (Å²) in [5.41, 5.74) is 4.42. The highest BCUT2D eigenvalue weighted by molar-refractivity contribution is 5.95. The van der Waals surface area contributed by atoms with Crippen molar-refractivity contribution in [2.45, 2.75) is 25.8 Å². The summed E-state index contributed by atoms with van der Waals surface area (Å²) >= 11 is 0. The third-order valence-corrected chi connectivity index (χ3v) is 6.89. The van der Waals surface area contributed by atoms with Gasteiger partial charge in [-0.2, -0.15) is 0 Å². The van der Waals surface area contributed by atoms with Crippen LogP contribution in [0.5, 0.6) is 0 Å². The molecule has 0 radical (unpaired) electrons. The number of morpholine rings is 1. The van der Waals surface area contributed by atoms with Gasteiger partial charge >= 0.3 is 0 Å². The molecule has 0 unspecified atom stereocenters. The lowest BCUT2D eigenvalue weighted by atomic mass is 9.88. The van der Waals surface area contributed by atoms with Gasteiger partial charge in [0.05, 0.1) is 18.7 Å². The number of benzene rings is 2. The Hall–Kier alpha value is -2.76. The smallest absolute Gasteiger partial charge is 0.254 e. The van der Waals surface area contributed by atoms with Crippen LogP contribution in [0.2, 0.25) is 0 Å². The molecule has 2 aliphatic rings. The lowest BCUT2D eigenvalue weighted by molar-refractivity contribution is 0.0339. The van der Waals surface area contributed by atoms with Crippen LogP contribution in [-0.4, -0.2) is 60.1 Å². The first-order valence-corrected chi connectivity index (χ1v) is 11.8. The Morgan fingerprint density at radius 3 is 2.53 bits per heavy atom. The van der Waals surface area contributed by atoms with E-state index in [1.54, 1.807) is 0 Å². The van der Waals surface area contributed by atoms with Gasteiger partial charge in [-0.15, -0.1) is 0 Å². The van der Waals surface area contributed by atoms with Gasteiger partial charge in [-0.3, -0.25) is 14.7 Å². The summed E-state index contributed by atoms with van der Waals surface area (Å²) in [5, 5.41) is 1.26. The average Bonchev–Trinajstić information content (AvgIpc) is 2.85. The Morgan fingerprint density at radius 2 is 1.69 bits per heavy atom. The fourth-order valence-electron chi connectivity index (χ4n) is 5.03. The predicted octanol–water partition coefficient (Wildman–Crippen LogP) is 4.16. The Kier molecular flexibility index (Phi) is 6.46. The largest absolute Gasteiger partial charge is 0.379 e. The van der Waals surface area contributed by atoms with Crippen LogP contribution in [0, 0.1) is 5.92 Å². The summed E-state index contributed by atoms with van der Waals surface area (Å²) in [6, 6.07) is 18.7. The minimum atomic E-state index is 0.182. The lowest BCUT2D eigenvalue weighted by Gasteiger charge is -2.33. The van der Waals surface area contributed by atoms with Gasteiger partial charge in [-0.1, -0.05) is 36.4 Å². The number of ether oxygens (including phenoxy) is 1. The molecule has 0 bridgehead atoms. The van der Waals surface area contributed by atoms with Crippen molar-refractivity contribution < 1.29 is 9.53 Å². The van der Waals surface area contributed by atoms with Crippen LogP contribution >= 0.6 is 0 Å². The highest BCUT2D eigenvalue weighted by atomic mass is 16.5. The van der Waals surface area contributed by atoms with E-state index in [0.29, 0.717) is 5.92 Å². The maximum absolute atomic E-state index is 13.4. The SMILES string of the molecule is O=C(c1ccccc1CN1CCOCC1)N1CCC(Cc2cccc3ncccc23)CC1. The van der Waals surface area contributed by atoms with Crippen LogP contribution in [0.4, 0.5) is 0 Å². The van der Waals surface area contributed by atoms with Crippen LogP contribution in [0.1, 0.15) is 34.3 Å². The van der Waals surface area contributed by atoms with E-state index in [9.17, 15) is 4.79 Å². The van der Waals surface area contributed by atoms with Crippen molar-refractivity contribution in [2.75, 3.05) is 39.4 Å². The second kappa shape index (κ2) is 9.80. The number of piperidine rings is 1. The minimum Gasteiger partial charge on any atom is -0.379 e. The third kappa shape index (κ3) is 4.69. The Morgan fingerprint density at radius 1 is 0.906 bits per heavy atom. The number of rotatable bonds is 5. The molecular weight excluding hydrogens is 398 g/mol. The molecule has 2 aliphatic heterocycles. The summed E-state index contributed by atoms with van der Waals surface area (Å²) in [7, 11) is 0. The number of carbonyl (C=O) groups excluding carboxylic acids is 1. The quantitative estimate of drug-likeness (QED) is 0.611. The van der Waals surface area contributed by atoms with Crippen LogP contribution in [0.25, 0.3) is 10.9 Å². The van der Waals surface area contributed by atoms with Crippen molar-refractivity contribution in [3.05, 3.63) is 77.5 Å². The number of pyridine rings is 1. The van der Waals surface area contributed by atoms with Crippen LogP contribution in [0.3, 0.4) is 0 Å². The molecule has 3 aromatic rings. The van der Waals surface area contributed by atoms with Crippen molar-refractivity contribution in [1.82, 2.24) is 14.8 Å². The summed E-state index contributed by atoms with van der Waals surface area (Å²) < 4.78 is 5.47. The molecule has 2 aromatic carbocycles. The Balaban J connectivity index is 1.22. The van der Waals surface area contributed by atoms with Crippen LogP contribution < -0.4 is 0 Å². The maximum atomic E-state index is 13.4. The van der Waals surface area contributed by atoms with Crippen molar-refractivity contribution in [1.29, 1.82) is 0 Å². The molecule has 0 N–H and O–H groups in total. The maximum Gasteiger partial charge on any atom is 0.254 e. The summed E-state index contributed by atoms with van der Waals surface area (Å²) in [5.74, 6) is 0.787. The number of amides is 1. The van der Waals surface area contributed by atoms with Crippen LogP contribution in [-0.2, 0) is 17.7 Å². The van der Waals surface area contributed by atoms with E-state index in [0.717, 1.165) is 81.8 Å². The molecule has 2 fully saturated rings. The minimum absolute atomic E-state index is 0.182.